The molecule has 5 rings (SSSR count). The number of hydrogen-bond acceptors (Lipinski definition) is 5. The lowest BCUT2D eigenvalue weighted by Crippen LogP contribution is -2.50. The van der Waals surface area contributed by atoms with Crippen molar-refractivity contribution in [3.63, 3.8) is 0 Å². The molecular weight excluding hydrogens is 408 g/mol. The number of rotatable bonds is 5. The molecule has 3 atom stereocenters. The predicted octanol–water partition coefficient (Wildman–Crippen LogP) is 2.84. The third-order valence-electron chi connectivity index (χ3n) is 6.84. The molecule has 3 heterocycles. The third-order valence-corrected chi connectivity index (χ3v) is 6.84. The lowest BCUT2D eigenvalue weighted by atomic mass is 9.75. The van der Waals surface area contributed by atoms with Gasteiger partial charge in [-0.15, -0.1) is 0 Å². The first-order valence-corrected chi connectivity index (χ1v) is 11.2. The molecule has 3 aliphatic rings. The van der Waals surface area contributed by atoms with Crippen molar-refractivity contribution >= 4 is 11.8 Å². The van der Waals surface area contributed by atoms with Crippen molar-refractivity contribution in [3.05, 3.63) is 58.7 Å². The van der Waals surface area contributed by atoms with Crippen LogP contribution in [0.2, 0.25) is 0 Å². The van der Waals surface area contributed by atoms with Gasteiger partial charge in [0, 0.05) is 25.3 Å². The van der Waals surface area contributed by atoms with E-state index in [-0.39, 0.29) is 24.0 Å². The molecule has 0 radical (unpaired) electrons. The second-order valence-corrected chi connectivity index (χ2v) is 8.54. The summed E-state index contributed by atoms with van der Waals surface area (Å²) in [6.07, 6.45) is 2.78. The lowest BCUT2D eigenvalue weighted by Gasteiger charge is -2.45. The van der Waals surface area contributed by atoms with Gasteiger partial charge in [0.15, 0.2) is 11.5 Å². The van der Waals surface area contributed by atoms with Crippen LogP contribution in [0.3, 0.4) is 0 Å². The summed E-state index contributed by atoms with van der Waals surface area (Å²) in [5.74, 6) is 0.254. The highest BCUT2D eigenvalue weighted by atomic mass is 16.5. The van der Waals surface area contributed by atoms with Gasteiger partial charge in [-0.2, -0.15) is 0 Å². The molecule has 1 N–H and O–H groups in total. The standard InChI is InChI=1S/C25H28N2O5/c1-30-20-12-18-19(13-21(20)31-2)25(29)27-10-9-15-6-3-4-8-17(15)23(27)22(18)24(28)26-14-16-7-5-11-32-16/h3-4,6,8,12-13,16,22-23H,5,7,9-11,14H2,1-2H3,(H,26,28). The number of carbonyl (C=O) groups excluding carboxylic acids is 2. The molecule has 0 aliphatic carbocycles. The van der Waals surface area contributed by atoms with Crippen LogP contribution in [0.4, 0.5) is 0 Å². The van der Waals surface area contributed by atoms with Crippen LogP contribution in [-0.4, -0.2) is 56.7 Å². The summed E-state index contributed by atoms with van der Waals surface area (Å²) in [7, 11) is 3.10. The fourth-order valence-electron chi connectivity index (χ4n) is 5.26. The smallest absolute Gasteiger partial charge is 0.254 e. The highest BCUT2D eigenvalue weighted by Gasteiger charge is 2.47. The first-order chi connectivity index (χ1) is 15.6. The molecule has 168 valence electrons. The van der Waals surface area contributed by atoms with Crippen molar-refractivity contribution in [1.29, 1.82) is 0 Å². The predicted molar refractivity (Wildman–Crippen MR) is 118 cm³/mol. The Morgan fingerprint density at radius 3 is 2.69 bits per heavy atom. The Morgan fingerprint density at radius 2 is 1.94 bits per heavy atom. The average Bonchev–Trinajstić information content (AvgIpc) is 3.35. The van der Waals surface area contributed by atoms with E-state index in [2.05, 4.69) is 11.4 Å². The number of nitrogens with one attached hydrogen (secondary N) is 1. The number of ether oxygens (including phenoxy) is 3. The number of carbonyl (C=O) groups is 2. The van der Waals surface area contributed by atoms with Gasteiger partial charge in [0.2, 0.25) is 5.91 Å². The van der Waals surface area contributed by atoms with Crippen LogP contribution in [-0.2, 0) is 16.0 Å². The Kier molecular flexibility index (Phi) is 5.51. The zero-order valence-electron chi connectivity index (χ0n) is 18.4. The number of amides is 2. The molecule has 2 aromatic rings. The molecule has 3 unspecified atom stereocenters. The Labute approximate surface area is 187 Å². The summed E-state index contributed by atoms with van der Waals surface area (Å²) in [5, 5.41) is 3.11. The van der Waals surface area contributed by atoms with Gasteiger partial charge in [-0.05, 0) is 48.1 Å². The summed E-state index contributed by atoms with van der Waals surface area (Å²) in [6, 6.07) is 11.2. The molecule has 0 saturated carbocycles. The topological polar surface area (TPSA) is 77.1 Å². The molecular formula is C25H28N2O5. The molecule has 1 fully saturated rings. The van der Waals surface area contributed by atoms with E-state index in [9.17, 15) is 9.59 Å². The summed E-state index contributed by atoms with van der Waals surface area (Å²) in [5.41, 5.74) is 3.39. The third kappa shape index (κ3) is 3.41. The van der Waals surface area contributed by atoms with Gasteiger partial charge in [0.25, 0.3) is 5.91 Å². The summed E-state index contributed by atoms with van der Waals surface area (Å²) in [6.45, 7) is 1.78. The fourth-order valence-corrected chi connectivity index (χ4v) is 5.26. The molecule has 0 spiro atoms. The molecule has 7 heteroatoms. The van der Waals surface area contributed by atoms with Gasteiger partial charge < -0.3 is 24.4 Å². The van der Waals surface area contributed by atoms with Crippen LogP contribution in [0.25, 0.3) is 0 Å². The van der Waals surface area contributed by atoms with Crippen molar-refractivity contribution in [1.82, 2.24) is 10.2 Å². The molecule has 2 amide bonds. The molecule has 0 aromatic heterocycles. The van der Waals surface area contributed by atoms with Gasteiger partial charge in [-0.3, -0.25) is 9.59 Å². The Morgan fingerprint density at radius 1 is 1.16 bits per heavy atom. The van der Waals surface area contributed by atoms with Gasteiger partial charge in [0.05, 0.1) is 32.3 Å². The minimum Gasteiger partial charge on any atom is -0.493 e. The second-order valence-electron chi connectivity index (χ2n) is 8.54. The first-order valence-electron chi connectivity index (χ1n) is 11.2. The van der Waals surface area contributed by atoms with Crippen LogP contribution in [0.5, 0.6) is 11.5 Å². The Bertz CT molecular complexity index is 1050. The van der Waals surface area contributed by atoms with E-state index >= 15 is 0 Å². The van der Waals surface area contributed by atoms with E-state index < -0.39 is 5.92 Å². The number of hydrogen-bond donors (Lipinski definition) is 1. The Hall–Kier alpha value is -3.06. The van der Waals surface area contributed by atoms with Crippen LogP contribution in [0.1, 0.15) is 51.8 Å². The molecule has 0 bridgehead atoms. The van der Waals surface area contributed by atoms with Crippen LogP contribution in [0.15, 0.2) is 36.4 Å². The number of benzene rings is 2. The van der Waals surface area contributed by atoms with Crippen LogP contribution in [0, 0.1) is 0 Å². The Balaban J connectivity index is 1.60. The van der Waals surface area contributed by atoms with E-state index in [4.69, 9.17) is 14.2 Å². The van der Waals surface area contributed by atoms with Crippen molar-refractivity contribution in [2.45, 2.75) is 37.3 Å². The van der Waals surface area contributed by atoms with Crippen molar-refractivity contribution < 1.29 is 23.8 Å². The van der Waals surface area contributed by atoms with Crippen molar-refractivity contribution in [2.75, 3.05) is 33.9 Å². The van der Waals surface area contributed by atoms with Crippen LogP contribution < -0.4 is 14.8 Å². The van der Waals surface area contributed by atoms with Gasteiger partial charge >= 0.3 is 0 Å². The first kappa shape index (κ1) is 20.8. The minimum absolute atomic E-state index is 0.0452. The molecule has 1 saturated heterocycles. The van der Waals surface area contributed by atoms with E-state index in [0.29, 0.717) is 35.7 Å². The highest BCUT2D eigenvalue weighted by molar-refractivity contribution is 6.02. The van der Waals surface area contributed by atoms with E-state index in [1.807, 2.05) is 23.1 Å². The SMILES string of the molecule is COc1cc2c(cc1OC)C(C(=O)NCC1CCCO1)C1c3ccccc3CCN1C2=O. The average molecular weight is 437 g/mol. The molecule has 3 aliphatic heterocycles. The minimum atomic E-state index is -0.551. The highest BCUT2D eigenvalue weighted by Crippen LogP contribution is 2.48. The molecule has 32 heavy (non-hydrogen) atoms. The van der Waals surface area contributed by atoms with E-state index in [1.165, 1.54) is 5.56 Å². The van der Waals surface area contributed by atoms with Gasteiger partial charge in [-0.1, -0.05) is 24.3 Å². The number of nitrogens with zero attached hydrogens (tertiary/aromatic N) is 1. The lowest BCUT2D eigenvalue weighted by molar-refractivity contribution is -0.124. The van der Waals surface area contributed by atoms with Gasteiger partial charge in [0.1, 0.15) is 0 Å². The normalized spacial score (nSPS) is 23.8. The summed E-state index contributed by atoms with van der Waals surface area (Å²) in [4.78, 5) is 29.0. The summed E-state index contributed by atoms with van der Waals surface area (Å²) >= 11 is 0. The maximum atomic E-state index is 13.7. The number of fused-ring (bicyclic) bond motifs is 4. The van der Waals surface area contributed by atoms with Crippen LogP contribution >= 0.6 is 0 Å². The molecule has 2 aromatic carbocycles. The van der Waals surface area contributed by atoms with E-state index in [1.54, 1.807) is 26.4 Å². The number of methoxy groups -OCH3 is 2. The van der Waals surface area contributed by atoms with Crippen molar-refractivity contribution in [2.24, 2.45) is 0 Å². The maximum absolute atomic E-state index is 13.7. The zero-order valence-corrected chi connectivity index (χ0v) is 18.4. The quantitative estimate of drug-likeness (QED) is 0.780. The second kappa shape index (κ2) is 8.47. The van der Waals surface area contributed by atoms with E-state index in [0.717, 1.165) is 31.4 Å². The van der Waals surface area contributed by atoms with Gasteiger partial charge in [-0.25, -0.2) is 0 Å². The monoisotopic (exact) mass is 436 g/mol. The van der Waals surface area contributed by atoms with Crippen molar-refractivity contribution in [3.8, 4) is 11.5 Å². The zero-order chi connectivity index (χ0) is 22.2. The summed E-state index contributed by atoms with van der Waals surface area (Å²) < 4.78 is 16.6. The fraction of sp³-hybridized carbons (Fsp3) is 0.440. The molecule has 7 nitrogen and oxygen atoms in total. The largest absolute Gasteiger partial charge is 0.493 e. The maximum Gasteiger partial charge on any atom is 0.254 e.